The molecule has 0 radical (unpaired) electrons. The molecule has 170 valence electrons. The van der Waals surface area contributed by atoms with Crippen LogP contribution in [-0.4, -0.2) is 63.0 Å². The first kappa shape index (κ1) is 22.7. The van der Waals surface area contributed by atoms with Crippen LogP contribution in [0.2, 0.25) is 0 Å². The fourth-order valence-electron chi connectivity index (χ4n) is 3.58. The molecular weight excluding hydrogens is 453 g/mol. The molecule has 0 atom stereocenters. The van der Waals surface area contributed by atoms with E-state index >= 15 is 0 Å². The van der Waals surface area contributed by atoms with E-state index < -0.39 is 10.0 Å². The highest BCUT2D eigenvalue weighted by Gasteiger charge is 2.31. The van der Waals surface area contributed by atoms with Gasteiger partial charge in [0.25, 0.3) is 0 Å². The van der Waals surface area contributed by atoms with E-state index in [0.29, 0.717) is 44.2 Å². The molecule has 0 spiro atoms. The van der Waals surface area contributed by atoms with Crippen molar-refractivity contribution in [2.45, 2.75) is 11.4 Å². The number of methoxy groups -OCH3 is 2. The van der Waals surface area contributed by atoms with Gasteiger partial charge in [0.05, 0.1) is 26.5 Å². The summed E-state index contributed by atoms with van der Waals surface area (Å²) < 4.78 is 51.5. The molecule has 10 heteroatoms. The van der Waals surface area contributed by atoms with E-state index in [4.69, 9.17) is 9.47 Å². The van der Waals surface area contributed by atoms with Gasteiger partial charge in [0, 0.05) is 43.2 Å². The molecule has 1 aromatic heterocycles. The zero-order valence-electron chi connectivity index (χ0n) is 17.8. The number of benzene rings is 2. The minimum Gasteiger partial charge on any atom is -0.497 e. The average molecular weight is 478 g/mol. The molecule has 0 unspecified atom stereocenters. The van der Waals surface area contributed by atoms with Crippen LogP contribution >= 0.6 is 11.3 Å². The van der Waals surface area contributed by atoms with Gasteiger partial charge >= 0.3 is 0 Å². The van der Waals surface area contributed by atoms with Crippen LogP contribution in [0.4, 0.5) is 4.39 Å². The highest BCUT2D eigenvalue weighted by Crippen LogP contribution is 2.31. The summed E-state index contributed by atoms with van der Waals surface area (Å²) in [5, 5.41) is 2.90. The largest absolute Gasteiger partial charge is 0.497 e. The Morgan fingerprint density at radius 1 is 1.03 bits per heavy atom. The van der Waals surface area contributed by atoms with Gasteiger partial charge in [0.2, 0.25) is 10.0 Å². The lowest BCUT2D eigenvalue weighted by Gasteiger charge is -2.33. The Bertz CT molecular complexity index is 1170. The zero-order valence-corrected chi connectivity index (χ0v) is 19.5. The Labute approximate surface area is 191 Å². The third kappa shape index (κ3) is 4.78. The summed E-state index contributed by atoms with van der Waals surface area (Å²) in [6.07, 6.45) is 0. The Kier molecular flexibility index (Phi) is 6.75. The number of rotatable bonds is 7. The average Bonchev–Trinajstić information content (AvgIpc) is 3.28. The van der Waals surface area contributed by atoms with Gasteiger partial charge in [0.1, 0.15) is 27.2 Å². The van der Waals surface area contributed by atoms with Gasteiger partial charge in [-0.1, -0.05) is 0 Å². The fourth-order valence-corrected chi connectivity index (χ4v) is 6.02. The van der Waals surface area contributed by atoms with E-state index in [0.717, 1.165) is 16.3 Å². The van der Waals surface area contributed by atoms with E-state index in [2.05, 4.69) is 9.88 Å². The van der Waals surface area contributed by atoms with Crippen LogP contribution < -0.4 is 9.47 Å². The second-order valence-electron chi connectivity index (χ2n) is 7.33. The first-order chi connectivity index (χ1) is 15.4. The Hall–Kier alpha value is -2.53. The van der Waals surface area contributed by atoms with Gasteiger partial charge in [0.15, 0.2) is 0 Å². The number of thiazole rings is 1. The Morgan fingerprint density at radius 3 is 2.41 bits per heavy atom. The topological polar surface area (TPSA) is 72.0 Å². The second kappa shape index (κ2) is 9.53. The number of halogens is 1. The number of ether oxygens (including phenoxy) is 2. The maximum atomic E-state index is 13.2. The van der Waals surface area contributed by atoms with Gasteiger partial charge < -0.3 is 9.47 Å². The van der Waals surface area contributed by atoms with E-state index in [-0.39, 0.29) is 10.7 Å². The molecule has 0 saturated carbocycles. The summed E-state index contributed by atoms with van der Waals surface area (Å²) in [5.74, 6) is 0.483. The van der Waals surface area contributed by atoms with Crippen molar-refractivity contribution in [3.8, 4) is 22.8 Å². The van der Waals surface area contributed by atoms with Crippen molar-refractivity contribution in [3.05, 3.63) is 58.7 Å². The van der Waals surface area contributed by atoms with Crippen LogP contribution in [0.5, 0.6) is 11.5 Å². The third-order valence-electron chi connectivity index (χ3n) is 5.37. The van der Waals surface area contributed by atoms with Gasteiger partial charge in [-0.25, -0.2) is 17.8 Å². The normalized spacial score (nSPS) is 15.6. The van der Waals surface area contributed by atoms with Crippen LogP contribution in [0.3, 0.4) is 0 Å². The highest BCUT2D eigenvalue weighted by atomic mass is 32.2. The standard InChI is InChI=1S/C22H24FN3O4S2/c1-29-18-7-8-20(30-2)21(13-18)32(27,28)26-11-9-25(10-12-26)14-22-24-19(15-31-22)16-3-5-17(23)6-4-16/h3-8,13,15H,9-12,14H2,1-2H3. The molecule has 2 aromatic carbocycles. The van der Waals surface area contributed by atoms with E-state index in [1.807, 2.05) is 5.38 Å². The molecule has 1 aliphatic rings. The minimum absolute atomic E-state index is 0.108. The van der Waals surface area contributed by atoms with Crippen LogP contribution in [0.1, 0.15) is 5.01 Å². The molecule has 32 heavy (non-hydrogen) atoms. The maximum absolute atomic E-state index is 13.2. The molecule has 1 fully saturated rings. The summed E-state index contributed by atoms with van der Waals surface area (Å²) in [5.41, 5.74) is 1.69. The van der Waals surface area contributed by atoms with E-state index in [1.54, 1.807) is 35.6 Å². The molecule has 0 N–H and O–H groups in total. The predicted octanol–water partition coefficient (Wildman–Crippen LogP) is 3.47. The smallest absolute Gasteiger partial charge is 0.246 e. The lowest BCUT2D eigenvalue weighted by Crippen LogP contribution is -2.48. The zero-order chi connectivity index (χ0) is 22.7. The summed E-state index contributed by atoms with van der Waals surface area (Å²) >= 11 is 1.55. The van der Waals surface area contributed by atoms with Crippen LogP contribution in [-0.2, 0) is 16.6 Å². The number of aromatic nitrogens is 1. The summed E-state index contributed by atoms with van der Waals surface area (Å²) in [4.78, 5) is 6.94. The molecule has 1 saturated heterocycles. The number of nitrogens with zero attached hydrogens (tertiary/aromatic N) is 3. The van der Waals surface area contributed by atoms with Gasteiger partial charge in [-0.15, -0.1) is 11.3 Å². The highest BCUT2D eigenvalue weighted by molar-refractivity contribution is 7.89. The van der Waals surface area contributed by atoms with Crippen molar-refractivity contribution in [2.75, 3.05) is 40.4 Å². The van der Waals surface area contributed by atoms with E-state index in [9.17, 15) is 12.8 Å². The summed E-state index contributed by atoms with van der Waals surface area (Å²) in [7, 11) is -0.763. The Balaban J connectivity index is 1.41. The van der Waals surface area contributed by atoms with Crippen molar-refractivity contribution in [1.29, 1.82) is 0 Å². The van der Waals surface area contributed by atoms with E-state index in [1.165, 1.54) is 36.7 Å². The van der Waals surface area contributed by atoms with Gasteiger partial charge in [-0.3, -0.25) is 4.90 Å². The molecule has 7 nitrogen and oxygen atoms in total. The van der Waals surface area contributed by atoms with Crippen molar-refractivity contribution in [1.82, 2.24) is 14.2 Å². The quantitative estimate of drug-likeness (QED) is 0.519. The molecule has 3 aromatic rings. The van der Waals surface area contributed by atoms with Crippen LogP contribution in [0.25, 0.3) is 11.3 Å². The third-order valence-corrected chi connectivity index (χ3v) is 8.12. The number of piperazine rings is 1. The number of hydrogen-bond donors (Lipinski definition) is 0. The lowest BCUT2D eigenvalue weighted by molar-refractivity contribution is 0.181. The van der Waals surface area contributed by atoms with Crippen molar-refractivity contribution in [2.24, 2.45) is 0 Å². The molecular formula is C22H24FN3O4S2. The molecule has 0 amide bonds. The fraction of sp³-hybridized carbons (Fsp3) is 0.318. The SMILES string of the molecule is COc1ccc(OC)c(S(=O)(=O)N2CCN(Cc3nc(-c4ccc(F)cc4)cs3)CC2)c1. The van der Waals surface area contributed by atoms with Crippen LogP contribution in [0, 0.1) is 5.82 Å². The summed E-state index contributed by atoms with van der Waals surface area (Å²) in [6.45, 7) is 2.58. The van der Waals surface area contributed by atoms with Crippen molar-refractivity contribution >= 4 is 21.4 Å². The number of sulfonamides is 1. The first-order valence-corrected chi connectivity index (χ1v) is 12.4. The second-order valence-corrected chi connectivity index (χ2v) is 10.2. The maximum Gasteiger partial charge on any atom is 0.246 e. The molecule has 1 aliphatic heterocycles. The van der Waals surface area contributed by atoms with Gasteiger partial charge in [-0.05, 0) is 36.4 Å². The molecule has 2 heterocycles. The minimum atomic E-state index is -3.71. The molecule has 0 aliphatic carbocycles. The predicted molar refractivity (Wildman–Crippen MR) is 121 cm³/mol. The summed E-state index contributed by atoms with van der Waals surface area (Å²) in [6, 6.07) is 11.0. The van der Waals surface area contributed by atoms with Crippen molar-refractivity contribution < 1.29 is 22.3 Å². The van der Waals surface area contributed by atoms with Crippen molar-refractivity contribution in [3.63, 3.8) is 0 Å². The monoisotopic (exact) mass is 477 g/mol. The molecule has 0 bridgehead atoms. The lowest BCUT2D eigenvalue weighted by atomic mass is 10.2. The van der Waals surface area contributed by atoms with Crippen LogP contribution in [0.15, 0.2) is 52.7 Å². The van der Waals surface area contributed by atoms with Gasteiger partial charge in [-0.2, -0.15) is 4.31 Å². The number of hydrogen-bond acceptors (Lipinski definition) is 7. The first-order valence-electron chi connectivity index (χ1n) is 10.1. The molecule has 4 rings (SSSR count). The Morgan fingerprint density at radius 2 is 1.75 bits per heavy atom.